The van der Waals surface area contributed by atoms with E-state index < -0.39 is 0 Å². The van der Waals surface area contributed by atoms with Crippen molar-refractivity contribution < 1.29 is 9.84 Å². The van der Waals surface area contributed by atoms with Crippen molar-refractivity contribution in [2.24, 2.45) is 0 Å². The number of nitrogens with zero attached hydrogens (tertiary/aromatic N) is 2. The summed E-state index contributed by atoms with van der Waals surface area (Å²) < 4.78 is 4.97. The zero-order chi connectivity index (χ0) is 10.1. The van der Waals surface area contributed by atoms with Crippen molar-refractivity contribution in [2.45, 2.75) is 6.92 Å². The summed E-state index contributed by atoms with van der Waals surface area (Å²) in [5.41, 5.74) is 1.23. The molecule has 0 spiro atoms. The Morgan fingerprint density at radius 3 is 2.79 bits per heavy atom. The molecule has 2 aromatic rings. The van der Waals surface area contributed by atoms with Crippen LogP contribution in [-0.2, 0) is 0 Å². The Labute approximate surface area is 81.2 Å². The molecule has 0 fully saturated rings. The molecule has 2 heterocycles. The van der Waals surface area contributed by atoms with Crippen LogP contribution in [0.4, 0.5) is 0 Å². The molecule has 0 aliphatic rings. The normalized spacial score (nSPS) is 10.4. The first-order valence-corrected chi connectivity index (χ1v) is 4.22. The maximum absolute atomic E-state index is 9.59. The second-order valence-electron chi connectivity index (χ2n) is 3.01. The van der Waals surface area contributed by atoms with Crippen LogP contribution in [0, 0.1) is 6.92 Å². The zero-order valence-electron chi connectivity index (χ0n) is 7.98. The second kappa shape index (κ2) is 3.14. The molecule has 0 aliphatic heterocycles. The van der Waals surface area contributed by atoms with E-state index in [4.69, 9.17) is 4.74 Å². The van der Waals surface area contributed by atoms with Crippen LogP contribution in [0.25, 0.3) is 11.0 Å². The van der Waals surface area contributed by atoms with Gasteiger partial charge in [-0.15, -0.1) is 0 Å². The highest BCUT2D eigenvalue weighted by molar-refractivity contribution is 5.82. The van der Waals surface area contributed by atoms with Crippen molar-refractivity contribution in [1.82, 2.24) is 9.97 Å². The lowest BCUT2D eigenvalue weighted by atomic mass is 10.2. The molecule has 0 saturated carbocycles. The summed E-state index contributed by atoms with van der Waals surface area (Å²) in [4.78, 5) is 8.32. The molecule has 0 atom stereocenters. The first kappa shape index (κ1) is 8.74. The predicted octanol–water partition coefficient (Wildman–Crippen LogP) is 1.65. The number of hydrogen-bond acceptors (Lipinski definition) is 4. The molecule has 2 rings (SSSR count). The SMILES string of the molecule is COc1ccc2c(O)cc(C)nc2n1. The Bertz CT molecular complexity index is 483. The van der Waals surface area contributed by atoms with Crippen LogP contribution in [0.1, 0.15) is 5.69 Å². The Morgan fingerprint density at radius 2 is 2.07 bits per heavy atom. The van der Waals surface area contributed by atoms with Gasteiger partial charge in [-0.1, -0.05) is 0 Å². The quantitative estimate of drug-likeness (QED) is 0.742. The average molecular weight is 190 g/mol. The fourth-order valence-electron chi connectivity index (χ4n) is 1.30. The van der Waals surface area contributed by atoms with E-state index in [1.54, 1.807) is 32.2 Å². The van der Waals surface area contributed by atoms with Gasteiger partial charge in [-0.2, -0.15) is 4.98 Å². The number of methoxy groups -OCH3 is 1. The third-order valence-electron chi connectivity index (χ3n) is 1.96. The second-order valence-corrected chi connectivity index (χ2v) is 3.01. The molecule has 4 heteroatoms. The predicted molar refractivity (Wildman–Crippen MR) is 52.5 cm³/mol. The summed E-state index contributed by atoms with van der Waals surface area (Å²) in [5, 5.41) is 10.2. The van der Waals surface area contributed by atoms with Crippen molar-refractivity contribution in [2.75, 3.05) is 7.11 Å². The van der Waals surface area contributed by atoms with Gasteiger partial charge in [0, 0.05) is 17.8 Å². The van der Waals surface area contributed by atoms with Crippen LogP contribution in [0.5, 0.6) is 11.6 Å². The van der Waals surface area contributed by atoms with Crippen molar-refractivity contribution in [3.05, 3.63) is 23.9 Å². The lowest BCUT2D eigenvalue weighted by Gasteiger charge is -2.03. The van der Waals surface area contributed by atoms with Crippen LogP contribution in [0.15, 0.2) is 18.2 Å². The first-order chi connectivity index (χ1) is 6.70. The average Bonchev–Trinajstić information content (AvgIpc) is 2.16. The van der Waals surface area contributed by atoms with E-state index in [-0.39, 0.29) is 5.75 Å². The monoisotopic (exact) mass is 190 g/mol. The van der Waals surface area contributed by atoms with Crippen LogP contribution in [0.3, 0.4) is 0 Å². The number of aryl methyl sites for hydroxylation is 1. The van der Waals surface area contributed by atoms with Crippen LogP contribution in [-0.4, -0.2) is 22.2 Å². The Hall–Kier alpha value is -1.84. The standard InChI is InChI=1S/C10H10N2O2/c1-6-5-8(13)7-3-4-9(14-2)12-10(7)11-6/h3-5H,1-2H3,(H,11,12,13). The number of rotatable bonds is 1. The molecular formula is C10H10N2O2. The molecule has 0 bridgehead atoms. The molecule has 2 aromatic heterocycles. The molecule has 0 saturated heterocycles. The first-order valence-electron chi connectivity index (χ1n) is 4.22. The minimum Gasteiger partial charge on any atom is -0.507 e. The number of pyridine rings is 2. The molecular weight excluding hydrogens is 180 g/mol. The van der Waals surface area contributed by atoms with Gasteiger partial charge in [0.15, 0.2) is 5.65 Å². The highest BCUT2D eigenvalue weighted by atomic mass is 16.5. The van der Waals surface area contributed by atoms with Gasteiger partial charge in [0.2, 0.25) is 5.88 Å². The Kier molecular flexibility index (Phi) is 1.96. The van der Waals surface area contributed by atoms with E-state index in [9.17, 15) is 5.11 Å². The minimum absolute atomic E-state index is 0.197. The Balaban J connectivity index is 2.75. The molecule has 72 valence electrons. The van der Waals surface area contributed by atoms with Gasteiger partial charge in [0.05, 0.1) is 12.5 Å². The van der Waals surface area contributed by atoms with E-state index in [2.05, 4.69) is 9.97 Å². The smallest absolute Gasteiger partial charge is 0.215 e. The van der Waals surface area contributed by atoms with Crippen LogP contribution < -0.4 is 4.74 Å². The van der Waals surface area contributed by atoms with Gasteiger partial charge >= 0.3 is 0 Å². The van der Waals surface area contributed by atoms with Crippen molar-refractivity contribution >= 4 is 11.0 Å². The van der Waals surface area contributed by atoms with E-state index >= 15 is 0 Å². The molecule has 14 heavy (non-hydrogen) atoms. The summed E-state index contributed by atoms with van der Waals surface area (Å²) in [5.74, 6) is 0.692. The van der Waals surface area contributed by atoms with E-state index in [0.717, 1.165) is 5.69 Å². The van der Waals surface area contributed by atoms with E-state index in [1.165, 1.54) is 0 Å². The number of fused-ring (bicyclic) bond motifs is 1. The molecule has 0 aromatic carbocycles. The molecule has 1 N–H and O–H groups in total. The summed E-state index contributed by atoms with van der Waals surface area (Å²) in [6.45, 7) is 1.81. The third kappa shape index (κ3) is 1.35. The Morgan fingerprint density at radius 1 is 1.29 bits per heavy atom. The van der Waals surface area contributed by atoms with Gasteiger partial charge in [-0.05, 0) is 13.0 Å². The third-order valence-corrected chi connectivity index (χ3v) is 1.96. The lowest BCUT2D eigenvalue weighted by Crippen LogP contribution is -1.91. The summed E-state index contributed by atoms with van der Waals surface area (Å²) in [6, 6.07) is 5.04. The lowest BCUT2D eigenvalue weighted by molar-refractivity contribution is 0.399. The van der Waals surface area contributed by atoms with Gasteiger partial charge in [0.25, 0.3) is 0 Å². The fraction of sp³-hybridized carbons (Fsp3) is 0.200. The number of aromatic hydroxyl groups is 1. The number of aromatic nitrogens is 2. The van der Waals surface area contributed by atoms with Gasteiger partial charge < -0.3 is 9.84 Å². The minimum atomic E-state index is 0.197. The molecule has 0 aliphatic carbocycles. The highest BCUT2D eigenvalue weighted by Gasteiger charge is 2.04. The van der Waals surface area contributed by atoms with Crippen LogP contribution >= 0.6 is 0 Å². The van der Waals surface area contributed by atoms with Gasteiger partial charge in [-0.25, -0.2) is 4.98 Å². The zero-order valence-corrected chi connectivity index (χ0v) is 7.98. The fourth-order valence-corrected chi connectivity index (χ4v) is 1.30. The molecule has 0 unspecified atom stereocenters. The van der Waals surface area contributed by atoms with Crippen LogP contribution in [0.2, 0.25) is 0 Å². The van der Waals surface area contributed by atoms with Crippen molar-refractivity contribution in [1.29, 1.82) is 0 Å². The number of hydrogen-bond donors (Lipinski definition) is 1. The maximum Gasteiger partial charge on any atom is 0.215 e. The summed E-state index contributed by atoms with van der Waals surface area (Å²) in [6.07, 6.45) is 0. The van der Waals surface area contributed by atoms with Gasteiger partial charge in [0.1, 0.15) is 5.75 Å². The number of ether oxygens (including phenoxy) is 1. The topological polar surface area (TPSA) is 55.2 Å². The van der Waals surface area contributed by atoms with Crippen molar-refractivity contribution in [3.63, 3.8) is 0 Å². The maximum atomic E-state index is 9.59. The van der Waals surface area contributed by atoms with Crippen molar-refractivity contribution in [3.8, 4) is 11.6 Å². The largest absolute Gasteiger partial charge is 0.507 e. The molecule has 4 nitrogen and oxygen atoms in total. The highest BCUT2D eigenvalue weighted by Crippen LogP contribution is 2.24. The molecule has 0 amide bonds. The van der Waals surface area contributed by atoms with E-state index in [1.807, 2.05) is 0 Å². The van der Waals surface area contributed by atoms with Gasteiger partial charge in [-0.3, -0.25) is 0 Å². The molecule has 0 radical (unpaired) electrons. The van der Waals surface area contributed by atoms with E-state index in [0.29, 0.717) is 16.9 Å². The summed E-state index contributed by atoms with van der Waals surface area (Å²) >= 11 is 0. The summed E-state index contributed by atoms with van der Waals surface area (Å²) in [7, 11) is 1.55.